The zero-order valence-electron chi connectivity index (χ0n) is 10.5. The number of β-amino-alcohol motifs (C(OH)–C–C–N with tert-alkyl or cyclic N) is 1. The second-order valence-corrected chi connectivity index (χ2v) is 4.86. The number of rotatable bonds is 2. The third-order valence-electron chi connectivity index (χ3n) is 3.43. The number of hydrogen-bond donors (Lipinski definition) is 1. The molecule has 1 aliphatic rings. The number of benzene rings is 1. The van der Waals surface area contributed by atoms with Crippen LogP contribution >= 0.6 is 0 Å². The van der Waals surface area contributed by atoms with Crippen LogP contribution in [0, 0.1) is 5.82 Å². The molecule has 0 aliphatic carbocycles. The van der Waals surface area contributed by atoms with Crippen molar-refractivity contribution < 1.29 is 14.3 Å². The van der Waals surface area contributed by atoms with Crippen LogP contribution in [0.4, 0.5) is 4.39 Å². The Kier molecular flexibility index (Phi) is 3.97. The Bertz CT molecular complexity index is 436. The lowest BCUT2D eigenvalue weighted by Gasteiger charge is -2.32. The van der Waals surface area contributed by atoms with Gasteiger partial charge in [0.1, 0.15) is 5.82 Å². The molecule has 2 unspecified atom stereocenters. The first-order valence-electron chi connectivity index (χ1n) is 6.30. The minimum atomic E-state index is -0.428. The second-order valence-electron chi connectivity index (χ2n) is 4.86. The van der Waals surface area contributed by atoms with Crippen molar-refractivity contribution in [3.63, 3.8) is 0 Å². The summed E-state index contributed by atoms with van der Waals surface area (Å²) in [6.07, 6.45) is 1.14. The molecule has 1 fully saturated rings. The molecule has 2 atom stereocenters. The zero-order chi connectivity index (χ0) is 13.1. The summed E-state index contributed by atoms with van der Waals surface area (Å²) in [6.45, 7) is 2.84. The Morgan fingerprint density at radius 3 is 3.00 bits per heavy atom. The number of carbonyl (C=O) groups excluding carboxylic acids is 1. The second kappa shape index (κ2) is 5.48. The van der Waals surface area contributed by atoms with Crippen LogP contribution < -0.4 is 0 Å². The van der Waals surface area contributed by atoms with Gasteiger partial charge in [0.2, 0.25) is 5.91 Å². The van der Waals surface area contributed by atoms with Crippen molar-refractivity contribution in [3.05, 3.63) is 35.6 Å². The predicted molar refractivity (Wildman–Crippen MR) is 66.6 cm³/mol. The summed E-state index contributed by atoms with van der Waals surface area (Å²) in [6, 6.07) is 6.12. The first-order valence-corrected chi connectivity index (χ1v) is 6.30. The van der Waals surface area contributed by atoms with Gasteiger partial charge in [-0.3, -0.25) is 4.79 Å². The summed E-state index contributed by atoms with van der Waals surface area (Å²) in [5.41, 5.74) is 0.681. The van der Waals surface area contributed by atoms with E-state index in [2.05, 4.69) is 0 Å². The highest BCUT2D eigenvalue weighted by atomic mass is 19.1. The minimum Gasteiger partial charge on any atom is -0.391 e. The van der Waals surface area contributed by atoms with E-state index in [0.29, 0.717) is 18.7 Å². The molecular formula is C14H18FNO2. The van der Waals surface area contributed by atoms with Crippen molar-refractivity contribution in [1.82, 2.24) is 4.90 Å². The fourth-order valence-electron chi connectivity index (χ4n) is 2.35. The normalized spacial score (nSPS) is 21.7. The van der Waals surface area contributed by atoms with E-state index >= 15 is 0 Å². The number of piperidine rings is 1. The van der Waals surface area contributed by atoms with Crippen LogP contribution in [0.1, 0.15) is 31.2 Å². The molecule has 1 N–H and O–H groups in total. The number of carbonyl (C=O) groups is 1. The zero-order valence-corrected chi connectivity index (χ0v) is 10.5. The monoisotopic (exact) mass is 251 g/mol. The van der Waals surface area contributed by atoms with Gasteiger partial charge in [0, 0.05) is 13.1 Å². The van der Waals surface area contributed by atoms with Crippen molar-refractivity contribution >= 4 is 5.91 Å². The first-order chi connectivity index (χ1) is 8.58. The van der Waals surface area contributed by atoms with E-state index in [9.17, 15) is 14.3 Å². The molecule has 0 aromatic heterocycles. The maximum absolute atomic E-state index is 13.1. The van der Waals surface area contributed by atoms with Crippen LogP contribution in [0.15, 0.2) is 24.3 Å². The molecule has 0 radical (unpaired) electrons. The summed E-state index contributed by atoms with van der Waals surface area (Å²) in [7, 11) is 0. The Morgan fingerprint density at radius 2 is 2.33 bits per heavy atom. The number of likely N-dealkylation sites (tertiary alicyclic amines) is 1. The van der Waals surface area contributed by atoms with E-state index in [1.54, 1.807) is 24.0 Å². The summed E-state index contributed by atoms with van der Waals surface area (Å²) in [5.74, 6) is -0.740. The van der Waals surface area contributed by atoms with Gasteiger partial charge in [0.05, 0.1) is 12.0 Å². The number of nitrogens with zero attached hydrogens (tertiary/aromatic N) is 1. The predicted octanol–water partition coefficient (Wildman–Crippen LogP) is 1.91. The molecule has 1 heterocycles. The molecule has 1 aliphatic heterocycles. The maximum Gasteiger partial charge on any atom is 0.229 e. The lowest BCUT2D eigenvalue weighted by Crippen LogP contribution is -2.43. The molecule has 1 saturated heterocycles. The summed E-state index contributed by atoms with van der Waals surface area (Å²) in [5, 5.41) is 9.57. The highest BCUT2D eigenvalue weighted by Gasteiger charge is 2.26. The van der Waals surface area contributed by atoms with Gasteiger partial charge in [-0.25, -0.2) is 4.39 Å². The van der Waals surface area contributed by atoms with Crippen molar-refractivity contribution in [3.8, 4) is 0 Å². The average molecular weight is 251 g/mol. The van der Waals surface area contributed by atoms with Crippen molar-refractivity contribution in [2.45, 2.75) is 31.8 Å². The number of amides is 1. The van der Waals surface area contributed by atoms with Gasteiger partial charge in [0.25, 0.3) is 0 Å². The lowest BCUT2D eigenvalue weighted by atomic mass is 9.98. The van der Waals surface area contributed by atoms with Crippen molar-refractivity contribution in [2.75, 3.05) is 13.1 Å². The van der Waals surface area contributed by atoms with Gasteiger partial charge in [0.15, 0.2) is 0 Å². The molecule has 2 rings (SSSR count). The third kappa shape index (κ3) is 2.88. The smallest absolute Gasteiger partial charge is 0.229 e. The molecule has 0 spiro atoms. The van der Waals surface area contributed by atoms with Gasteiger partial charge in [-0.2, -0.15) is 0 Å². The molecule has 1 aromatic rings. The van der Waals surface area contributed by atoms with Crippen LogP contribution in [0.5, 0.6) is 0 Å². The quantitative estimate of drug-likeness (QED) is 0.872. The van der Waals surface area contributed by atoms with Gasteiger partial charge >= 0.3 is 0 Å². The highest BCUT2D eigenvalue weighted by molar-refractivity contribution is 5.83. The van der Waals surface area contributed by atoms with Crippen LogP contribution in [0.25, 0.3) is 0 Å². The fraction of sp³-hybridized carbons (Fsp3) is 0.500. The van der Waals surface area contributed by atoms with Crippen molar-refractivity contribution in [1.29, 1.82) is 0 Å². The van der Waals surface area contributed by atoms with Crippen molar-refractivity contribution in [2.24, 2.45) is 0 Å². The summed E-state index contributed by atoms with van der Waals surface area (Å²) < 4.78 is 13.1. The molecule has 1 aromatic carbocycles. The number of aliphatic hydroxyl groups excluding tert-OH is 1. The third-order valence-corrected chi connectivity index (χ3v) is 3.43. The average Bonchev–Trinajstić information content (AvgIpc) is 2.37. The Morgan fingerprint density at radius 1 is 1.56 bits per heavy atom. The maximum atomic E-state index is 13.1. The van der Waals surface area contributed by atoms with E-state index < -0.39 is 6.10 Å². The molecule has 3 nitrogen and oxygen atoms in total. The Balaban J connectivity index is 2.08. The van der Waals surface area contributed by atoms with E-state index in [-0.39, 0.29) is 17.6 Å². The topological polar surface area (TPSA) is 40.5 Å². The lowest BCUT2D eigenvalue weighted by molar-refractivity contribution is -0.135. The highest BCUT2D eigenvalue weighted by Crippen LogP contribution is 2.21. The van der Waals surface area contributed by atoms with Crippen LogP contribution in [0.3, 0.4) is 0 Å². The minimum absolute atomic E-state index is 0.0423. The summed E-state index contributed by atoms with van der Waals surface area (Å²) in [4.78, 5) is 13.9. The molecule has 1 amide bonds. The molecule has 4 heteroatoms. The van der Waals surface area contributed by atoms with E-state index in [4.69, 9.17) is 0 Å². The number of halogens is 1. The van der Waals surface area contributed by atoms with Gasteiger partial charge in [-0.15, -0.1) is 0 Å². The van der Waals surface area contributed by atoms with Gasteiger partial charge < -0.3 is 10.0 Å². The van der Waals surface area contributed by atoms with Crippen LogP contribution in [-0.4, -0.2) is 35.1 Å². The molecule has 18 heavy (non-hydrogen) atoms. The Labute approximate surface area is 106 Å². The first kappa shape index (κ1) is 13.0. The molecular weight excluding hydrogens is 233 g/mol. The molecule has 98 valence electrons. The number of hydrogen-bond acceptors (Lipinski definition) is 2. The van der Waals surface area contributed by atoms with Gasteiger partial charge in [-0.1, -0.05) is 12.1 Å². The largest absolute Gasteiger partial charge is 0.391 e. The van der Waals surface area contributed by atoms with Gasteiger partial charge in [-0.05, 0) is 37.5 Å². The van der Waals surface area contributed by atoms with E-state index in [0.717, 1.165) is 12.8 Å². The molecule has 0 bridgehead atoms. The SMILES string of the molecule is CC(C(=O)N1CCCC(O)C1)c1cccc(F)c1. The van der Waals surface area contributed by atoms with Crippen LogP contribution in [0.2, 0.25) is 0 Å². The van der Waals surface area contributed by atoms with E-state index in [1.165, 1.54) is 12.1 Å². The number of aliphatic hydroxyl groups is 1. The fourth-order valence-corrected chi connectivity index (χ4v) is 2.35. The molecule has 0 saturated carbocycles. The van der Waals surface area contributed by atoms with E-state index in [1.807, 2.05) is 0 Å². The van der Waals surface area contributed by atoms with Crippen LogP contribution in [-0.2, 0) is 4.79 Å². The standard InChI is InChI=1S/C14H18FNO2/c1-10(11-4-2-5-12(15)8-11)14(18)16-7-3-6-13(17)9-16/h2,4-5,8,10,13,17H,3,6-7,9H2,1H3. The summed E-state index contributed by atoms with van der Waals surface area (Å²) >= 11 is 0. The Hall–Kier alpha value is -1.42.